The molecule has 6 nitrogen and oxygen atoms in total. The number of aryl methyl sites for hydroxylation is 2. The summed E-state index contributed by atoms with van der Waals surface area (Å²) < 4.78 is 19.3. The highest BCUT2D eigenvalue weighted by molar-refractivity contribution is 6.00. The number of carbonyl (C=O) groups is 1. The van der Waals surface area contributed by atoms with Gasteiger partial charge in [0.05, 0.1) is 5.56 Å². The third-order valence-corrected chi connectivity index (χ3v) is 6.64. The van der Waals surface area contributed by atoms with Crippen molar-refractivity contribution in [2.24, 2.45) is 5.92 Å². The van der Waals surface area contributed by atoms with Gasteiger partial charge in [-0.2, -0.15) is 0 Å². The summed E-state index contributed by atoms with van der Waals surface area (Å²) >= 11 is 0. The van der Waals surface area contributed by atoms with Crippen molar-refractivity contribution in [1.82, 2.24) is 19.9 Å². The quantitative estimate of drug-likeness (QED) is 0.389. The summed E-state index contributed by atoms with van der Waals surface area (Å²) in [7, 11) is 0. The van der Waals surface area contributed by atoms with Gasteiger partial charge in [0.25, 0.3) is 5.91 Å². The van der Waals surface area contributed by atoms with Crippen molar-refractivity contribution in [3.8, 4) is 11.4 Å². The third kappa shape index (κ3) is 4.42. The standard InChI is InChI=1S/C27H27FN4O2/c1-17-6-8-20(26-29-12-4-13-30-26)21(15-17)27(33)32-14-3-5-18(2)23(32)9-11-25-31-22-16-19(28)7-10-24(22)34-25/h4,6-8,10,12-13,15-16,18,23H,3,5,9,11,14H2,1-2H3/t18-,23-/m1/s1. The van der Waals surface area contributed by atoms with Crippen molar-refractivity contribution in [3.63, 3.8) is 0 Å². The van der Waals surface area contributed by atoms with Crippen LogP contribution in [0.2, 0.25) is 0 Å². The maximum atomic E-state index is 13.9. The van der Waals surface area contributed by atoms with Crippen LogP contribution in [-0.2, 0) is 6.42 Å². The zero-order valence-corrected chi connectivity index (χ0v) is 19.4. The fourth-order valence-electron chi connectivity index (χ4n) is 4.89. The number of halogens is 1. The molecule has 1 amide bonds. The van der Waals surface area contributed by atoms with Gasteiger partial charge in [-0.15, -0.1) is 0 Å². The second-order valence-electron chi connectivity index (χ2n) is 9.07. The number of likely N-dealkylation sites (tertiary alicyclic amines) is 1. The lowest BCUT2D eigenvalue weighted by atomic mass is 9.87. The Bertz CT molecular complexity index is 1320. The van der Waals surface area contributed by atoms with Gasteiger partial charge in [0.15, 0.2) is 17.3 Å². The second kappa shape index (κ2) is 9.33. The van der Waals surface area contributed by atoms with Crippen LogP contribution in [0.25, 0.3) is 22.5 Å². The molecule has 0 spiro atoms. The van der Waals surface area contributed by atoms with Gasteiger partial charge in [0, 0.05) is 43.0 Å². The van der Waals surface area contributed by atoms with Gasteiger partial charge < -0.3 is 9.32 Å². The van der Waals surface area contributed by atoms with Gasteiger partial charge in [0.1, 0.15) is 11.3 Å². The van der Waals surface area contributed by atoms with E-state index in [1.54, 1.807) is 24.5 Å². The number of hydrogen-bond donors (Lipinski definition) is 0. The number of aromatic nitrogens is 3. The summed E-state index contributed by atoms with van der Waals surface area (Å²) in [6, 6.07) is 12.0. The molecule has 1 fully saturated rings. The highest BCUT2D eigenvalue weighted by Crippen LogP contribution is 2.31. The molecular formula is C27H27FN4O2. The predicted molar refractivity (Wildman–Crippen MR) is 128 cm³/mol. The highest BCUT2D eigenvalue weighted by atomic mass is 19.1. The molecule has 5 rings (SSSR count). The van der Waals surface area contributed by atoms with Crippen molar-refractivity contribution in [2.75, 3.05) is 6.54 Å². The first-order valence-electron chi connectivity index (χ1n) is 11.7. The summed E-state index contributed by atoms with van der Waals surface area (Å²) in [5, 5.41) is 0. The van der Waals surface area contributed by atoms with Crippen molar-refractivity contribution < 1.29 is 13.6 Å². The van der Waals surface area contributed by atoms with Gasteiger partial charge in [-0.25, -0.2) is 19.3 Å². The molecule has 2 atom stereocenters. The molecule has 2 aromatic heterocycles. The average molecular weight is 459 g/mol. The molecule has 1 saturated heterocycles. The Kier molecular flexibility index (Phi) is 6.09. The van der Waals surface area contributed by atoms with E-state index in [1.807, 2.05) is 30.0 Å². The summed E-state index contributed by atoms with van der Waals surface area (Å²) in [5.41, 5.74) is 3.49. The van der Waals surface area contributed by atoms with Crippen LogP contribution >= 0.6 is 0 Å². The molecule has 0 radical (unpaired) electrons. The number of rotatable bonds is 5. The lowest BCUT2D eigenvalue weighted by Crippen LogP contribution is -2.48. The van der Waals surface area contributed by atoms with E-state index >= 15 is 0 Å². The molecule has 0 bridgehead atoms. The van der Waals surface area contributed by atoms with E-state index < -0.39 is 0 Å². The molecule has 0 saturated carbocycles. The SMILES string of the molecule is Cc1ccc(-c2ncccn2)c(C(=O)N2CCC[C@@H](C)[C@H]2CCc2nc3cc(F)ccc3o2)c1. The fourth-order valence-corrected chi connectivity index (χ4v) is 4.89. The first-order valence-corrected chi connectivity index (χ1v) is 11.7. The van der Waals surface area contributed by atoms with Gasteiger partial charge in [-0.1, -0.05) is 24.6 Å². The third-order valence-electron chi connectivity index (χ3n) is 6.64. The van der Waals surface area contributed by atoms with Crippen molar-refractivity contribution in [3.05, 3.63) is 77.7 Å². The van der Waals surface area contributed by atoms with Crippen LogP contribution < -0.4 is 0 Å². The maximum Gasteiger partial charge on any atom is 0.254 e. The van der Waals surface area contributed by atoms with Gasteiger partial charge >= 0.3 is 0 Å². The number of hydrogen-bond acceptors (Lipinski definition) is 5. The van der Waals surface area contributed by atoms with E-state index in [0.717, 1.165) is 30.4 Å². The Labute approximate surface area is 197 Å². The Morgan fingerprint density at radius 3 is 2.82 bits per heavy atom. The van der Waals surface area contributed by atoms with Crippen LogP contribution in [0.4, 0.5) is 4.39 Å². The molecule has 7 heteroatoms. The van der Waals surface area contributed by atoms with Gasteiger partial charge in [0.2, 0.25) is 0 Å². The molecule has 0 N–H and O–H groups in total. The zero-order valence-electron chi connectivity index (χ0n) is 19.4. The summed E-state index contributed by atoms with van der Waals surface area (Å²) in [5.74, 6) is 1.13. The van der Waals surface area contributed by atoms with Gasteiger partial charge in [-0.3, -0.25) is 4.79 Å². The number of amides is 1. The largest absolute Gasteiger partial charge is 0.441 e. The van der Waals surface area contributed by atoms with Crippen molar-refractivity contribution >= 4 is 17.0 Å². The molecule has 4 aromatic rings. The summed E-state index contributed by atoms with van der Waals surface area (Å²) in [6.07, 6.45) is 6.72. The summed E-state index contributed by atoms with van der Waals surface area (Å²) in [4.78, 5) is 29.1. The van der Waals surface area contributed by atoms with E-state index in [0.29, 0.717) is 47.3 Å². The normalized spacial score (nSPS) is 18.4. The first-order chi connectivity index (χ1) is 16.5. The number of carbonyl (C=O) groups excluding carboxylic acids is 1. The molecule has 0 unspecified atom stereocenters. The second-order valence-corrected chi connectivity index (χ2v) is 9.07. The smallest absolute Gasteiger partial charge is 0.254 e. The number of oxazole rings is 1. The monoisotopic (exact) mass is 458 g/mol. The van der Waals surface area contributed by atoms with Gasteiger partial charge in [-0.05, 0) is 56.4 Å². The van der Waals surface area contributed by atoms with E-state index in [2.05, 4.69) is 21.9 Å². The fraction of sp³-hybridized carbons (Fsp3) is 0.333. The highest BCUT2D eigenvalue weighted by Gasteiger charge is 2.33. The maximum absolute atomic E-state index is 13.9. The van der Waals surface area contributed by atoms with Crippen LogP contribution in [0.3, 0.4) is 0 Å². The summed E-state index contributed by atoms with van der Waals surface area (Å²) in [6.45, 7) is 4.89. The minimum Gasteiger partial charge on any atom is -0.441 e. The molecule has 1 aliphatic heterocycles. The Morgan fingerprint density at radius 2 is 2.00 bits per heavy atom. The lowest BCUT2D eigenvalue weighted by Gasteiger charge is -2.40. The number of piperidine rings is 1. The minimum absolute atomic E-state index is 0.00217. The average Bonchev–Trinajstić information content (AvgIpc) is 3.25. The van der Waals surface area contributed by atoms with Crippen molar-refractivity contribution in [2.45, 2.75) is 45.6 Å². The number of fused-ring (bicyclic) bond motifs is 1. The molecule has 1 aliphatic rings. The van der Waals surface area contributed by atoms with E-state index in [9.17, 15) is 9.18 Å². The Balaban J connectivity index is 1.41. The van der Waals surface area contributed by atoms with E-state index in [1.165, 1.54) is 12.1 Å². The van der Waals surface area contributed by atoms with E-state index in [4.69, 9.17) is 4.42 Å². The predicted octanol–water partition coefficient (Wildman–Crippen LogP) is 5.61. The zero-order chi connectivity index (χ0) is 23.7. The number of nitrogens with zero attached hydrogens (tertiary/aromatic N) is 4. The lowest BCUT2D eigenvalue weighted by molar-refractivity contribution is 0.0496. The molecular weight excluding hydrogens is 431 g/mol. The molecule has 34 heavy (non-hydrogen) atoms. The molecule has 174 valence electrons. The van der Waals surface area contributed by atoms with Crippen LogP contribution in [0.15, 0.2) is 59.3 Å². The van der Waals surface area contributed by atoms with Crippen LogP contribution in [0.5, 0.6) is 0 Å². The number of benzene rings is 2. The molecule has 0 aliphatic carbocycles. The topological polar surface area (TPSA) is 72.1 Å². The van der Waals surface area contributed by atoms with Crippen molar-refractivity contribution in [1.29, 1.82) is 0 Å². The Hall–Kier alpha value is -3.61. The Morgan fingerprint density at radius 1 is 1.18 bits per heavy atom. The molecule has 3 heterocycles. The van der Waals surface area contributed by atoms with Crippen LogP contribution in [0.1, 0.15) is 48.0 Å². The molecule has 2 aromatic carbocycles. The van der Waals surface area contributed by atoms with E-state index in [-0.39, 0.29) is 17.8 Å². The van der Waals surface area contributed by atoms with Crippen LogP contribution in [-0.4, -0.2) is 38.3 Å². The minimum atomic E-state index is -0.332. The first kappa shape index (κ1) is 22.2. The van der Waals surface area contributed by atoms with Crippen LogP contribution in [0, 0.1) is 18.7 Å².